The summed E-state index contributed by atoms with van der Waals surface area (Å²) in [6, 6.07) is 7.60. The van der Waals surface area contributed by atoms with E-state index in [4.69, 9.17) is 4.74 Å². The summed E-state index contributed by atoms with van der Waals surface area (Å²) in [5.74, 6) is 0. The molecule has 2 N–H and O–H groups in total. The number of ether oxygens (including phenoxy) is 1. The summed E-state index contributed by atoms with van der Waals surface area (Å²) >= 11 is 0. The first-order chi connectivity index (χ1) is 7.76. The number of urea groups is 1. The maximum absolute atomic E-state index is 11.4. The van der Waals surface area contributed by atoms with Crippen LogP contribution in [-0.4, -0.2) is 26.3 Å². The average molecular weight is 222 g/mol. The normalized spacial score (nSPS) is 9.88. The van der Waals surface area contributed by atoms with Crippen LogP contribution in [0.25, 0.3) is 0 Å². The number of nitrogens with one attached hydrogen (secondary N) is 2. The molecule has 2 amide bonds. The van der Waals surface area contributed by atoms with Gasteiger partial charge in [0.1, 0.15) is 0 Å². The van der Waals surface area contributed by atoms with Crippen LogP contribution in [0.3, 0.4) is 0 Å². The summed E-state index contributed by atoms with van der Waals surface area (Å²) in [7, 11) is 1.60. The van der Waals surface area contributed by atoms with Crippen molar-refractivity contribution in [2.24, 2.45) is 0 Å². The van der Waals surface area contributed by atoms with Gasteiger partial charge < -0.3 is 15.4 Å². The number of hydrogen-bond acceptors (Lipinski definition) is 2. The highest BCUT2D eigenvalue weighted by atomic mass is 16.5. The second-order valence-electron chi connectivity index (χ2n) is 3.42. The van der Waals surface area contributed by atoms with Gasteiger partial charge in [0.05, 0.1) is 6.61 Å². The lowest BCUT2D eigenvalue weighted by Gasteiger charge is -2.07. The Morgan fingerprint density at radius 2 is 2.00 bits per heavy atom. The molecule has 0 saturated heterocycles. The van der Waals surface area contributed by atoms with E-state index in [0.29, 0.717) is 13.2 Å². The van der Waals surface area contributed by atoms with Crippen molar-refractivity contribution in [1.29, 1.82) is 0 Å². The fourth-order valence-electron chi connectivity index (χ4n) is 1.27. The Balaban J connectivity index is 2.37. The van der Waals surface area contributed by atoms with Gasteiger partial charge in [0.25, 0.3) is 0 Å². The summed E-state index contributed by atoms with van der Waals surface area (Å²) in [5, 5.41) is 5.43. The Kier molecular flexibility index (Phi) is 5.36. The molecule has 0 atom stereocenters. The first-order valence-corrected chi connectivity index (χ1v) is 5.39. The van der Waals surface area contributed by atoms with Crippen molar-refractivity contribution in [3.63, 3.8) is 0 Å². The van der Waals surface area contributed by atoms with Gasteiger partial charge in [-0.25, -0.2) is 4.79 Å². The molecule has 0 aliphatic carbocycles. The summed E-state index contributed by atoms with van der Waals surface area (Å²) in [5.41, 5.74) is 2.05. The standard InChI is InChI=1S/C12H18N2O2/c1-3-10-4-6-11(7-5-10)14-12(15)13-8-9-16-2/h4-7H,3,8-9H2,1-2H3,(H2,13,14,15). The van der Waals surface area contributed by atoms with Gasteiger partial charge in [-0.1, -0.05) is 19.1 Å². The zero-order valence-electron chi connectivity index (χ0n) is 9.75. The number of amides is 2. The summed E-state index contributed by atoms with van der Waals surface area (Å²) in [6.45, 7) is 3.12. The zero-order chi connectivity index (χ0) is 11.8. The van der Waals surface area contributed by atoms with Crippen molar-refractivity contribution in [2.45, 2.75) is 13.3 Å². The van der Waals surface area contributed by atoms with Crippen LogP contribution in [-0.2, 0) is 11.2 Å². The third-order valence-corrected chi connectivity index (χ3v) is 2.21. The Morgan fingerprint density at radius 1 is 1.31 bits per heavy atom. The molecule has 0 heterocycles. The Bertz CT molecular complexity index is 322. The monoisotopic (exact) mass is 222 g/mol. The van der Waals surface area contributed by atoms with E-state index in [9.17, 15) is 4.79 Å². The van der Waals surface area contributed by atoms with Crippen LogP contribution in [0.1, 0.15) is 12.5 Å². The number of benzene rings is 1. The third-order valence-electron chi connectivity index (χ3n) is 2.21. The maximum Gasteiger partial charge on any atom is 0.319 e. The molecular formula is C12H18N2O2. The molecule has 0 fully saturated rings. The molecule has 0 bridgehead atoms. The van der Waals surface area contributed by atoms with Gasteiger partial charge in [-0.15, -0.1) is 0 Å². The summed E-state index contributed by atoms with van der Waals surface area (Å²) in [6.07, 6.45) is 1.00. The van der Waals surface area contributed by atoms with Crippen molar-refractivity contribution in [3.05, 3.63) is 29.8 Å². The zero-order valence-corrected chi connectivity index (χ0v) is 9.75. The number of anilines is 1. The van der Waals surface area contributed by atoms with E-state index >= 15 is 0 Å². The number of carbonyl (C=O) groups excluding carboxylic acids is 1. The molecule has 0 radical (unpaired) electrons. The third kappa shape index (κ3) is 4.31. The predicted molar refractivity (Wildman–Crippen MR) is 64.7 cm³/mol. The lowest BCUT2D eigenvalue weighted by Crippen LogP contribution is -2.31. The molecule has 4 nitrogen and oxygen atoms in total. The molecule has 4 heteroatoms. The molecule has 1 rings (SSSR count). The lowest BCUT2D eigenvalue weighted by atomic mass is 10.1. The minimum Gasteiger partial charge on any atom is -0.383 e. The van der Waals surface area contributed by atoms with Crippen molar-refractivity contribution >= 4 is 11.7 Å². The molecule has 1 aromatic carbocycles. The van der Waals surface area contributed by atoms with Crippen LogP contribution in [0.15, 0.2) is 24.3 Å². The van der Waals surface area contributed by atoms with Gasteiger partial charge in [0.2, 0.25) is 0 Å². The number of methoxy groups -OCH3 is 1. The molecule has 16 heavy (non-hydrogen) atoms. The van der Waals surface area contributed by atoms with Gasteiger partial charge in [-0.2, -0.15) is 0 Å². The van der Waals surface area contributed by atoms with E-state index < -0.39 is 0 Å². The van der Waals surface area contributed by atoms with E-state index in [1.54, 1.807) is 7.11 Å². The average Bonchev–Trinajstić information content (AvgIpc) is 2.30. The molecule has 0 unspecified atom stereocenters. The Hall–Kier alpha value is -1.55. The maximum atomic E-state index is 11.4. The molecule has 0 spiro atoms. The number of hydrogen-bond donors (Lipinski definition) is 2. The van der Waals surface area contributed by atoms with Gasteiger partial charge in [-0.05, 0) is 24.1 Å². The fourth-order valence-corrected chi connectivity index (χ4v) is 1.27. The first kappa shape index (κ1) is 12.5. The van der Waals surface area contributed by atoms with E-state index in [1.165, 1.54) is 5.56 Å². The minimum absolute atomic E-state index is 0.207. The van der Waals surface area contributed by atoms with E-state index in [-0.39, 0.29) is 6.03 Å². The summed E-state index contributed by atoms with van der Waals surface area (Å²) < 4.78 is 4.83. The van der Waals surface area contributed by atoms with Gasteiger partial charge in [0.15, 0.2) is 0 Å². The van der Waals surface area contributed by atoms with Gasteiger partial charge in [0, 0.05) is 19.3 Å². The van der Waals surface area contributed by atoms with Crippen LogP contribution in [0, 0.1) is 0 Å². The highest BCUT2D eigenvalue weighted by Gasteiger charge is 1.99. The lowest BCUT2D eigenvalue weighted by molar-refractivity contribution is 0.198. The van der Waals surface area contributed by atoms with Crippen molar-refractivity contribution in [3.8, 4) is 0 Å². The van der Waals surface area contributed by atoms with E-state index in [1.807, 2.05) is 24.3 Å². The van der Waals surface area contributed by atoms with Crippen LogP contribution < -0.4 is 10.6 Å². The molecule has 88 valence electrons. The molecule has 0 aliphatic rings. The van der Waals surface area contributed by atoms with Crippen molar-refractivity contribution < 1.29 is 9.53 Å². The second kappa shape index (κ2) is 6.85. The second-order valence-corrected chi connectivity index (χ2v) is 3.42. The highest BCUT2D eigenvalue weighted by Crippen LogP contribution is 2.09. The summed E-state index contributed by atoms with van der Waals surface area (Å²) in [4.78, 5) is 11.4. The minimum atomic E-state index is -0.207. The molecule has 0 aliphatic heterocycles. The number of rotatable bonds is 5. The smallest absolute Gasteiger partial charge is 0.319 e. The SMILES string of the molecule is CCc1ccc(NC(=O)NCCOC)cc1. The number of aryl methyl sites for hydroxylation is 1. The molecule has 1 aromatic rings. The topological polar surface area (TPSA) is 50.4 Å². The Morgan fingerprint density at radius 3 is 2.56 bits per heavy atom. The largest absolute Gasteiger partial charge is 0.383 e. The molecular weight excluding hydrogens is 204 g/mol. The van der Waals surface area contributed by atoms with Crippen molar-refractivity contribution in [2.75, 3.05) is 25.6 Å². The van der Waals surface area contributed by atoms with Gasteiger partial charge in [-0.3, -0.25) is 0 Å². The van der Waals surface area contributed by atoms with Crippen LogP contribution >= 0.6 is 0 Å². The van der Waals surface area contributed by atoms with Crippen LogP contribution in [0.2, 0.25) is 0 Å². The Labute approximate surface area is 96.0 Å². The number of carbonyl (C=O) groups is 1. The fraction of sp³-hybridized carbons (Fsp3) is 0.417. The van der Waals surface area contributed by atoms with Crippen LogP contribution in [0.5, 0.6) is 0 Å². The van der Waals surface area contributed by atoms with E-state index in [2.05, 4.69) is 17.6 Å². The first-order valence-electron chi connectivity index (χ1n) is 5.39. The quantitative estimate of drug-likeness (QED) is 0.749. The molecule has 0 aromatic heterocycles. The van der Waals surface area contributed by atoms with Gasteiger partial charge >= 0.3 is 6.03 Å². The van der Waals surface area contributed by atoms with E-state index in [0.717, 1.165) is 12.1 Å². The van der Waals surface area contributed by atoms with Crippen LogP contribution in [0.4, 0.5) is 10.5 Å². The predicted octanol–water partition coefficient (Wildman–Crippen LogP) is 2.02. The van der Waals surface area contributed by atoms with Crippen molar-refractivity contribution in [1.82, 2.24) is 5.32 Å². The molecule has 0 saturated carbocycles. The highest BCUT2D eigenvalue weighted by molar-refractivity contribution is 5.89.